The maximum atomic E-state index is 11.1. The number of hydrogen-bond acceptors (Lipinski definition) is 3. The zero-order chi connectivity index (χ0) is 9.14. The Morgan fingerprint density at radius 3 is 2.69 bits per heavy atom. The average Bonchev–Trinajstić information content (AvgIpc) is 2.30. The van der Waals surface area contributed by atoms with Gasteiger partial charge >= 0.3 is 5.97 Å². The first-order chi connectivity index (χ1) is 5.61. The quantitative estimate of drug-likeness (QED) is 0.505. The van der Waals surface area contributed by atoms with E-state index in [2.05, 4.69) is 0 Å². The van der Waals surface area contributed by atoms with Gasteiger partial charge in [0, 0.05) is 18.9 Å². The third kappa shape index (κ3) is 3.20. The van der Waals surface area contributed by atoms with Gasteiger partial charge in [-0.1, -0.05) is 0 Å². The smallest absolute Gasteiger partial charge is 0.303 e. The lowest BCUT2D eigenvalue weighted by molar-refractivity contribution is -0.137. The fourth-order valence-electron chi connectivity index (χ4n) is 1.33. The van der Waals surface area contributed by atoms with Gasteiger partial charge < -0.3 is 5.11 Å². The second kappa shape index (κ2) is 5.04. The van der Waals surface area contributed by atoms with Crippen molar-refractivity contribution in [3.8, 4) is 0 Å². The molecule has 0 aromatic heterocycles. The molecule has 6 heteroatoms. The number of hydrogen-bond donors (Lipinski definition) is 2. The molecule has 76 valence electrons. The van der Waals surface area contributed by atoms with Crippen LogP contribution in [-0.4, -0.2) is 28.5 Å². The molecule has 0 spiro atoms. The van der Waals surface area contributed by atoms with E-state index in [9.17, 15) is 9.59 Å². The number of nitrogens with two attached hydrogens (primary N) is 1. The third-order valence-corrected chi connectivity index (χ3v) is 2.06. The molecule has 0 radical (unpaired) electrons. The number of carboxylic acids is 1. The molecule has 0 aromatic rings. The van der Waals surface area contributed by atoms with Gasteiger partial charge in [-0.2, -0.15) is 0 Å². The number of carboxylic acid groups (broad SMARTS) is 1. The van der Waals surface area contributed by atoms with Crippen molar-refractivity contribution in [3.63, 3.8) is 0 Å². The molecular formula is C7H13ClN2O3. The van der Waals surface area contributed by atoms with Crippen LogP contribution in [0.15, 0.2) is 0 Å². The number of carbonyl (C=O) groups is 2. The maximum absolute atomic E-state index is 11.1. The molecule has 0 bridgehead atoms. The Bertz CT molecular complexity index is 210. The lowest BCUT2D eigenvalue weighted by Gasteiger charge is -2.07. The number of rotatable bonds is 3. The van der Waals surface area contributed by atoms with Crippen molar-refractivity contribution >= 4 is 24.3 Å². The van der Waals surface area contributed by atoms with E-state index in [4.69, 9.17) is 10.9 Å². The highest BCUT2D eigenvalue weighted by atomic mass is 35.5. The number of carbonyl (C=O) groups excluding carboxylic acids is 1. The molecule has 1 atom stereocenters. The van der Waals surface area contributed by atoms with Gasteiger partial charge in [0.1, 0.15) is 0 Å². The molecule has 1 amide bonds. The van der Waals surface area contributed by atoms with Crippen LogP contribution in [0, 0.1) is 5.92 Å². The molecule has 0 aromatic carbocycles. The largest absolute Gasteiger partial charge is 0.481 e. The van der Waals surface area contributed by atoms with Crippen LogP contribution in [0.2, 0.25) is 0 Å². The van der Waals surface area contributed by atoms with Crippen LogP contribution in [0.25, 0.3) is 0 Å². The number of aliphatic carboxylic acids is 1. The van der Waals surface area contributed by atoms with Crippen molar-refractivity contribution in [2.75, 3.05) is 6.54 Å². The fourth-order valence-corrected chi connectivity index (χ4v) is 1.33. The minimum absolute atomic E-state index is 0. The molecule has 13 heavy (non-hydrogen) atoms. The van der Waals surface area contributed by atoms with Crippen LogP contribution < -0.4 is 5.84 Å². The minimum Gasteiger partial charge on any atom is -0.481 e. The predicted octanol–water partition coefficient (Wildman–Crippen LogP) is -0.00480. The molecule has 3 N–H and O–H groups in total. The lowest BCUT2D eigenvalue weighted by Crippen LogP contribution is -2.33. The topological polar surface area (TPSA) is 83.6 Å². The van der Waals surface area contributed by atoms with Crippen LogP contribution in [0.1, 0.15) is 19.3 Å². The molecule has 1 fully saturated rings. The molecule has 5 nitrogen and oxygen atoms in total. The van der Waals surface area contributed by atoms with E-state index in [1.165, 1.54) is 0 Å². The van der Waals surface area contributed by atoms with Gasteiger partial charge in [0.15, 0.2) is 0 Å². The summed E-state index contributed by atoms with van der Waals surface area (Å²) in [6.07, 6.45) is 1.13. The monoisotopic (exact) mass is 208 g/mol. The molecule has 1 saturated heterocycles. The highest BCUT2D eigenvalue weighted by molar-refractivity contribution is 5.85. The van der Waals surface area contributed by atoms with Gasteiger partial charge in [-0.15, -0.1) is 12.4 Å². The van der Waals surface area contributed by atoms with Crippen LogP contribution >= 0.6 is 12.4 Å². The second-order valence-electron chi connectivity index (χ2n) is 2.95. The number of nitrogens with zero attached hydrogens (tertiary/aromatic N) is 1. The summed E-state index contributed by atoms with van der Waals surface area (Å²) in [4.78, 5) is 21.3. The van der Waals surface area contributed by atoms with Crippen molar-refractivity contribution in [1.29, 1.82) is 0 Å². The molecule has 1 aliphatic heterocycles. The van der Waals surface area contributed by atoms with E-state index in [0.717, 1.165) is 5.01 Å². The summed E-state index contributed by atoms with van der Waals surface area (Å²) in [5.41, 5.74) is 0. The van der Waals surface area contributed by atoms with Gasteiger partial charge in [-0.05, 0) is 12.8 Å². The van der Waals surface area contributed by atoms with E-state index in [-0.39, 0.29) is 30.7 Å². The SMILES string of the molecule is Cl.NN1CC[C@H](CCC(=O)O)C1=O. The molecule has 0 aliphatic carbocycles. The van der Waals surface area contributed by atoms with E-state index < -0.39 is 5.97 Å². The Morgan fingerprint density at radius 1 is 1.69 bits per heavy atom. The summed E-state index contributed by atoms with van der Waals surface area (Å²) < 4.78 is 0. The normalized spacial score (nSPS) is 21.5. The molecule has 1 rings (SSSR count). The van der Waals surface area contributed by atoms with Crippen LogP contribution in [0.4, 0.5) is 0 Å². The van der Waals surface area contributed by atoms with Gasteiger partial charge in [0.05, 0.1) is 0 Å². The molecule has 1 heterocycles. The van der Waals surface area contributed by atoms with Crippen LogP contribution in [0.3, 0.4) is 0 Å². The van der Waals surface area contributed by atoms with Gasteiger partial charge in [-0.3, -0.25) is 14.6 Å². The average molecular weight is 209 g/mol. The van der Waals surface area contributed by atoms with E-state index in [1.54, 1.807) is 0 Å². The maximum Gasteiger partial charge on any atom is 0.303 e. The summed E-state index contributed by atoms with van der Waals surface area (Å²) in [5, 5.41) is 9.53. The zero-order valence-electron chi connectivity index (χ0n) is 7.10. The van der Waals surface area contributed by atoms with Gasteiger partial charge in [0.25, 0.3) is 0 Å². The third-order valence-electron chi connectivity index (χ3n) is 2.06. The van der Waals surface area contributed by atoms with E-state index in [0.29, 0.717) is 19.4 Å². The van der Waals surface area contributed by atoms with E-state index >= 15 is 0 Å². The Kier molecular flexibility index (Phi) is 4.72. The summed E-state index contributed by atoms with van der Waals surface area (Å²) in [7, 11) is 0. The standard InChI is InChI=1S/C7H12N2O3.ClH/c8-9-4-3-5(7(9)12)1-2-6(10)11;/h5H,1-4,8H2,(H,10,11);1H/t5-;/m0./s1. The minimum atomic E-state index is -0.863. The highest BCUT2D eigenvalue weighted by Gasteiger charge is 2.29. The molecular weight excluding hydrogens is 196 g/mol. The Balaban J connectivity index is 0.00000144. The first kappa shape index (κ1) is 12.2. The van der Waals surface area contributed by atoms with Crippen molar-refractivity contribution < 1.29 is 14.7 Å². The molecule has 0 unspecified atom stereocenters. The Morgan fingerprint density at radius 2 is 2.31 bits per heavy atom. The lowest BCUT2D eigenvalue weighted by atomic mass is 10.0. The summed E-state index contributed by atoms with van der Waals surface area (Å²) in [5.74, 6) is 4.15. The van der Waals surface area contributed by atoms with Crippen molar-refractivity contribution in [2.45, 2.75) is 19.3 Å². The first-order valence-corrected chi connectivity index (χ1v) is 3.89. The number of halogens is 1. The van der Waals surface area contributed by atoms with E-state index in [1.807, 2.05) is 0 Å². The fraction of sp³-hybridized carbons (Fsp3) is 0.714. The highest BCUT2D eigenvalue weighted by Crippen LogP contribution is 2.19. The van der Waals surface area contributed by atoms with Crippen molar-refractivity contribution in [2.24, 2.45) is 11.8 Å². The van der Waals surface area contributed by atoms with Crippen molar-refractivity contribution in [1.82, 2.24) is 5.01 Å². The Labute approximate surface area is 82.3 Å². The summed E-state index contributed by atoms with van der Waals surface area (Å²) in [6, 6.07) is 0. The van der Waals surface area contributed by atoms with Crippen LogP contribution in [0.5, 0.6) is 0 Å². The Hall–Kier alpha value is -0.810. The number of amides is 1. The number of hydrazine groups is 1. The second-order valence-corrected chi connectivity index (χ2v) is 2.95. The van der Waals surface area contributed by atoms with Gasteiger partial charge in [-0.25, -0.2) is 5.84 Å². The first-order valence-electron chi connectivity index (χ1n) is 3.89. The summed E-state index contributed by atoms with van der Waals surface area (Å²) in [6.45, 7) is 0.545. The van der Waals surface area contributed by atoms with Crippen LogP contribution in [-0.2, 0) is 9.59 Å². The van der Waals surface area contributed by atoms with Crippen molar-refractivity contribution in [3.05, 3.63) is 0 Å². The molecule has 0 saturated carbocycles. The molecule has 1 aliphatic rings. The zero-order valence-corrected chi connectivity index (χ0v) is 7.92. The summed E-state index contributed by atoms with van der Waals surface area (Å²) >= 11 is 0. The predicted molar refractivity (Wildman–Crippen MR) is 48.1 cm³/mol. The van der Waals surface area contributed by atoms with Gasteiger partial charge in [0.2, 0.25) is 5.91 Å².